The number of aryl methyl sites for hydroxylation is 1. The Kier molecular flexibility index (Phi) is 6.03. The van der Waals surface area contributed by atoms with E-state index < -0.39 is 0 Å². The number of nitrogens with one attached hydrogen (secondary N) is 2. The number of alkyl carbamates (subject to hydrolysis) is 1. The molecule has 1 amide bonds. The highest BCUT2D eigenvalue weighted by Crippen LogP contribution is 2.33. The second-order valence-corrected chi connectivity index (χ2v) is 8.03. The van der Waals surface area contributed by atoms with Gasteiger partial charge in [0.25, 0.3) is 0 Å². The van der Waals surface area contributed by atoms with Gasteiger partial charge in [-0.3, -0.25) is 0 Å². The van der Waals surface area contributed by atoms with E-state index in [0.29, 0.717) is 13.0 Å². The molecule has 4 aromatic rings. The molecule has 0 aliphatic rings. The Bertz CT molecular complexity index is 1220. The van der Waals surface area contributed by atoms with Crippen LogP contribution in [0.2, 0.25) is 0 Å². The van der Waals surface area contributed by atoms with E-state index in [9.17, 15) is 4.79 Å². The van der Waals surface area contributed by atoms with Gasteiger partial charge in [-0.05, 0) is 56.7 Å². The number of carbonyl (C=O) groups excluding carboxylic acids is 1. The summed E-state index contributed by atoms with van der Waals surface area (Å²) >= 11 is 0. The highest BCUT2D eigenvalue weighted by molar-refractivity contribution is 6.08. The summed E-state index contributed by atoms with van der Waals surface area (Å²) < 4.78 is 5.22. The van der Waals surface area contributed by atoms with Gasteiger partial charge in [0.1, 0.15) is 0 Å². The van der Waals surface area contributed by atoms with E-state index in [2.05, 4.69) is 66.1 Å². The maximum atomic E-state index is 11.6. The smallest absolute Gasteiger partial charge is 0.407 e. The summed E-state index contributed by atoms with van der Waals surface area (Å²) in [5.41, 5.74) is 6.31. The molecule has 5 nitrogen and oxygen atoms in total. The molecular formula is C26H27N3O2. The summed E-state index contributed by atoms with van der Waals surface area (Å²) in [5.74, 6) is 0. The van der Waals surface area contributed by atoms with Crippen LogP contribution in [0.3, 0.4) is 0 Å². The summed E-state index contributed by atoms with van der Waals surface area (Å²) in [7, 11) is 0. The molecule has 5 heteroatoms. The Hall–Kier alpha value is -3.60. The molecular weight excluding hydrogens is 386 g/mol. The summed E-state index contributed by atoms with van der Waals surface area (Å²) in [6.45, 7) is 6.26. The van der Waals surface area contributed by atoms with Crippen LogP contribution in [0.5, 0.6) is 0 Å². The number of anilines is 2. The molecule has 0 saturated carbocycles. The van der Waals surface area contributed by atoms with Gasteiger partial charge >= 0.3 is 6.09 Å². The largest absolute Gasteiger partial charge is 0.449 e. The fourth-order valence-corrected chi connectivity index (χ4v) is 3.58. The van der Waals surface area contributed by atoms with E-state index >= 15 is 0 Å². The van der Waals surface area contributed by atoms with Crippen molar-refractivity contribution in [1.82, 2.24) is 10.3 Å². The molecule has 2 N–H and O–H groups in total. The van der Waals surface area contributed by atoms with Gasteiger partial charge < -0.3 is 15.4 Å². The lowest BCUT2D eigenvalue weighted by atomic mass is 10.1. The zero-order valence-corrected chi connectivity index (χ0v) is 18.1. The minimum Gasteiger partial charge on any atom is -0.449 e. The maximum absolute atomic E-state index is 11.6. The second kappa shape index (κ2) is 9.04. The molecule has 0 fully saturated rings. The number of pyridine rings is 1. The minimum absolute atomic E-state index is 0.0713. The lowest BCUT2D eigenvalue weighted by Gasteiger charge is -2.14. The predicted octanol–water partition coefficient (Wildman–Crippen LogP) is 6.12. The van der Waals surface area contributed by atoms with Gasteiger partial charge in [0.15, 0.2) is 0 Å². The number of nitrogens with zero attached hydrogens (tertiary/aromatic N) is 1. The Morgan fingerprint density at radius 1 is 0.968 bits per heavy atom. The van der Waals surface area contributed by atoms with Gasteiger partial charge in [0.2, 0.25) is 0 Å². The molecule has 1 aromatic heterocycles. The highest BCUT2D eigenvalue weighted by atomic mass is 16.5. The molecule has 31 heavy (non-hydrogen) atoms. The normalized spacial score (nSPS) is 11.1. The number of para-hydroxylation sites is 1. The lowest BCUT2D eigenvalue weighted by Crippen LogP contribution is -2.31. The quantitative estimate of drug-likeness (QED) is 0.374. The monoisotopic (exact) mass is 413 g/mol. The molecule has 0 unspecified atom stereocenters. The van der Waals surface area contributed by atoms with Crippen LogP contribution >= 0.6 is 0 Å². The number of benzene rings is 3. The molecule has 0 aliphatic carbocycles. The fraction of sp³-hybridized carbons (Fsp3) is 0.231. The number of rotatable bonds is 6. The molecule has 4 rings (SSSR count). The van der Waals surface area contributed by atoms with Crippen LogP contribution in [0.15, 0.2) is 66.7 Å². The van der Waals surface area contributed by atoms with Gasteiger partial charge in [-0.15, -0.1) is 0 Å². The Morgan fingerprint density at radius 2 is 1.71 bits per heavy atom. The van der Waals surface area contributed by atoms with E-state index in [1.807, 2.05) is 32.0 Å². The third kappa shape index (κ3) is 4.94. The van der Waals surface area contributed by atoms with Crippen molar-refractivity contribution in [2.75, 3.05) is 11.9 Å². The SMILES string of the molecule is Cc1ccc2nc3ccccc3c(Nc3ccc(CCOC(=O)NC(C)C)cc3)c2c1. The Balaban J connectivity index is 1.54. The molecule has 0 atom stereocenters. The average molecular weight is 414 g/mol. The minimum atomic E-state index is -0.375. The van der Waals surface area contributed by atoms with Gasteiger partial charge in [-0.2, -0.15) is 0 Å². The van der Waals surface area contributed by atoms with Crippen LogP contribution in [0.1, 0.15) is 25.0 Å². The third-order valence-electron chi connectivity index (χ3n) is 5.09. The maximum Gasteiger partial charge on any atom is 0.407 e. The van der Waals surface area contributed by atoms with Crippen molar-refractivity contribution in [3.05, 3.63) is 77.9 Å². The Labute approximate surface area is 182 Å². The molecule has 0 spiro atoms. The van der Waals surface area contributed by atoms with E-state index in [-0.39, 0.29) is 12.1 Å². The van der Waals surface area contributed by atoms with E-state index in [0.717, 1.165) is 38.7 Å². The molecule has 1 heterocycles. The van der Waals surface area contributed by atoms with Crippen molar-refractivity contribution >= 4 is 39.3 Å². The number of hydrogen-bond donors (Lipinski definition) is 2. The first-order valence-corrected chi connectivity index (χ1v) is 10.6. The highest BCUT2D eigenvalue weighted by Gasteiger charge is 2.10. The topological polar surface area (TPSA) is 63.3 Å². The van der Waals surface area contributed by atoms with Crippen LogP contribution in [-0.2, 0) is 11.2 Å². The number of carbonyl (C=O) groups is 1. The van der Waals surface area contributed by atoms with Gasteiger partial charge in [-0.25, -0.2) is 9.78 Å². The van der Waals surface area contributed by atoms with Gasteiger partial charge in [0.05, 0.1) is 23.3 Å². The average Bonchev–Trinajstić information content (AvgIpc) is 2.74. The molecule has 0 bridgehead atoms. The number of amides is 1. The summed E-state index contributed by atoms with van der Waals surface area (Å²) in [6, 6.07) is 22.8. The predicted molar refractivity (Wildman–Crippen MR) is 127 cm³/mol. The van der Waals surface area contributed by atoms with Crippen LogP contribution in [0.4, 0.5) is 16.2 Å². The van der Waals surface area contributed by atoms with Crippen molar-refractivity contribution in [3.63, 3.8) is 0 Å². The van der Waals surface area contributed by atoms with Crippen molar-refractivity contribution < 1.29 is 9.53 Å². The van der Waals surface area contributed by atoms with Crippen LogP contribution in [0, 0.1) is 6.92 Å². The van der Waals surface area contributed by atoms with Gasteiger partial charge in [0, 0.05) is 28.9 Å². The number of ether oxygens (including phenoxy) is 1. The molecule has 0 radical (unpaired) electrons. The number of aromatic nitrogens is 1. The van der Waals surface area contributed by atoms with E-state index in [1.54, 1.807) is 0 Å². The fourth-order valence-electron chi connectivity index (χ4n) is 3.58. The van der Waals surface area contributed by atoms with Crippen LogP contribution in [-0.4, -0.2) is 23.7 Å². The summed E-state index contributed by atoms with van der Waals surface area (Å²) in [6.07, 6.45) is 0.298. The zero-order valence-electron chi connectivity index (χ0n) is 18.1. The second-order valence-electron chi connectivity index (χ2n) is 8.03. The van der Waals surface area contributed by atoms with E-state index in [1.165, 1.54) is 5.56 Å². The first-order chi connectivity index (χ1) is 15.0. The van der Waals surface area contributed by atoms with Gasteiger partial charge in [-0.1, -0.05) is 42.0 Å². The van der Waals surface area contributed by atoms with Crippen molar-refractivity contribution in [2.45, 2.75) is 33.2 Å². The lowest BCUT2D eigenvalue weighted by molar-refractivity contribution is 0.145. The van der Waals surface area contributed by atoms with E-state index in [4.69, 9.17) is 9.72 Å². The van der Waals surface area contributed by atoms with Crippen LogP contribution in [0.25, 0.3) is 21.8 Å². The number of hydrogen-bond acceptors (Lipinski definition) is 4. The molecule has 158 valence electrons. The molecule has 0 saturated heterocycles. The standard InChI is InChI=1S/C26H27N3O2/c1-17(2)27-26(30)31-15-14-19-9-11-20(12-10-19)28-25-21-6-4-5-7-23(21)29-24-13-8-18(3)16-22(24)25/h4-13,16-17H,14-15H2,1-3H3,(H,27,30)(H,28,29). The number of fused-ring (bicyclic) bond motifs is 2. The zero-order chi connectivity index (χ0) is 21.8. The first-order valence-electron chi connectivity index (χ1n) is 10.6. The Morgan fingerprint density at radius 3 is 2.48 bits per heavy atom. The van der Waals surface area contributed by atoms with Crippen molar-refractivity contribution in [3.8, 4) is 0 Å². The molecule has 3 aromatic carbocycles. The molecule has 0 aliphatic heterocycles. The summed E-state index contributed by atoms with van der Waals surface area (Å²) in [5, 5.41) is 8.52. The van der Waals surface area contributed by atoms with Crippen molar-refractivity contribution in [1.29, 1.82) is 0 Å². The first kappa shape index (κ1) is 20.7. The van der Waals surface area contributed by atoms with Crippen molar-refractivity contribution in [2.24, 2.45) is 0 Å². The van der Waals surface area contributed by atoms with Crippen LogP contribution < -0.4 is 10.6 Å². The summed E-state index contributed by atoms with van der Waals surface area (Å²) in [4.78, 5) is 16.4. The third-order valence-corrected chi connectivity index (χ3v) is 5.09.